The van der Waals surface area contributed by atoms with Crippen LogP contribution in [-0.2, 0) is 0 Å². The number of methoxy groups -OCH3 is 1. The van der Waals surface area contributed by atoms with Crippen LogP contribution in [0.2, 0.25) is 5.02 Å². The van der Waals surface area contributed by atoms with E-state index in [4.69, 9.17) is 22.1 Å². The van der Waals surface area contributed by atoms with Gasteiger partial charge >= 0.3 is 0 Å². The number of aromatic nitrogens is 1. The number of H-pyrrole nitrogens is 1. The number of benzene rings is 1. The van der Waals surface area contributed by atoms with Gasteiger partial charge in [0.15, 0.2) is 5.43 Å². The van der Waals surface area contributed by atoms with Gasteiger partial charge in [-0.25, -0.2) is 4.99 Å². The number of nitrogens with zero attached hydrogens (tertiary/aromatic N) is 1. The van der Waals surface area contributed by atoms with Crippen LogP contribution in [0.15, 0.2) is 40.3 Å². The SMILES string of the molecule is COc1ccc2c(=O)cc(N=CC=CN)[nH]c2c1Cl. The predicted octanol–water partition coefficient (Wildman–Crippen LogP) is 2.36. The molecular weight excluding hydrogens is 266 g/mol. The van der Waals surface area contributed by atoms with E-state index in [-0.39, 0.29) is 5.43 Å². The fraction of sp³-hybridized carbons (Fsp3) is 0.0769. The van der Waals surface area contributed by atoms with Crippen molar-refractivity contribution < 1.29 is 4.74 Å². The van der Waals surface area contributed by atoms with Crippen LogP contribution >= 0.6 is 11.6 Å². The van der Waals surface area contributed by atoms with E-state index in [0.29, 0.717) is 27.5 Å². The maximum absolute atomic E-state index is 11.9. The maximum atomic E-state index is 11.9. The summed E-state index contributed by atoms with van der Waals surface area (Å²) in [5.74, 6) is 0.888. The zero-order chi connectivity index (χ0) is 13.8. The lowest BCUT2D eigenvalue weighted by Gasteiger charge is -2.06. The Kier molecular flexibility index (Phi) is 3.87. The molecular formula is C13H12ClN3O2. The van der Waals surface area contributed by atoms with Gasteiger partial charge in [0.25, 0.3) is 0 Å². The number of aromatic amines is 1. The molecule has 1 aromatic carbocycles. The van der Waals surface area contributed by atoms with Crippen LogP contribution < -0.4 is 15.9 Å². The topological polar surface area (TPSA) is 80.5 Å². The molecule has 0 unspecified atom stereocenters. The molecule has 0 radical (unpaired) electrons. The van der Waals surface area contributed by atoms with Crippen LogP contribution in [0.3, 0.4) is 0 Å². The molecule has 2 aromatic rings. The van der Waals surface area contributed by atoms with Crippen molar-refractivity contribution in [2.24, 2.45) is 10.7 Å². The lowest BCUT2D eigenvalue weighted by molar-refractivity contribution is 0.415. The van der Waals surface area contributed by atoms with Crippen LogP contribution in [0.1, 0.15) is 0 Å². The number of halogens is 1. The molecule has 6 heteroatoms. The summed E-state index contributed by atoms with van der Waals surface area (Å²) in [6.07, 6.45) is 4.37. The fourth-order valence-electron chi connectivity index (χ4n) is 1.65. The molecule has 0 aliphatic carbocycles. The van der Waals surface area contributed by atoms with E-state index < -0.39 is 0 Å². The highest BCUT2D eigenvalue weighted by atomic mass is 35.5. The summed E-state index contributed by atoms with van der Waals surface area (Å²) in [6, 6.07) is 4.71. The molecule has 0 bridgehead atoms. The van der Waals surface area contributed by atoms with Crippen molar-refractivity contribution in [3.05, 3.63) is 45.7 Å². The Morgan fingerprint density at radius 3 is 2.95 bits per heavy atom. The molecule has 98 valence electrons. The van der Waals surface area contributed by atoms with Gasteiger partial charge in [-0.15, -0.1) is 0 Å². The van der Waals surface area contributed by atoms with E-state index >= 15 is 0 Å². The number of aliphatic imine (C=N–C) groups is 1. The maximum Gasteiger partial charge on any atom is 0.191 e. The first kappa shape index (κ1) is 13.2. The highest BCUT2D eigenvalue weighted by molar-refractivity contribution is 6.36. The third-order valence-corrected chi connectivity index (χ3v) is 2.90. The quantitative estimate of drug-likeness (QED) is 0.845. The summed E-state index contributed by atoms with van der Waals surface area (Å²) in [5.41, 5.74) is 5.53. The number of nitrogens with two attached hydrogens (primary N) is 1. The van der Waals surface area contributed by atoms with Crippen LogP contribution in [-0.4, -0.2) is 18.3 Å². The van der Waals surface area contributed by atoms with Crippen LogP contribution in [0.4, 0.5) is 5.82 Å². The van der Waals surface area contributed by atoms with Crippen LogP contribution in [0.5, 0.6) is 5.75 Å². The number of fused-ring (bicyclic) bond motifs is 1. The normalized spacial score (nSPS) is 11.7. The second-order valence-corrected chi connectivity index (χ2v) is 4.06. The van der Waals surface area contributed by atoms with Gasteiger partial charge in [-0.3, -0.25) is 4.79 Å². The Morgan fingerprint density at radius 1 is 1.47 bits per heavy atom. The van der Waals surface area contributed by atoms with Crippen molar-refractivity contribution >= 4 is 34.5 Å². The van der Waals surface area contributed by atoms with E-state index in [1.165, 1.54) is 25.6 Å². The van der Waals surface area contributed by atoms with Gasteiger partial charge in [-0.05, 0) is 24.4 Å². The Morgan fingerprint density at radius 2 is 2.26 bits per heavy atom. The van der Waals surface area contributed by atoms with Crippen LogP contribution in [0, 0.1) is 0 Å². The third kappa shape index (κ3) is 2.61. The van der Waals surface area contributed by atoms with Crippen molar-refractivity contribution in [3.63, 3.8) is 0 Å². The van der Waals surface area contributed by atoms with Crippen molar-refractivity contribution in [1.29, 1.82) is 0 Å². The summed E-state index contributed by atoms with van der Waals surface area (Å²) in [6.45, 7) is 0. The highest BCUT2D eigenvalue weighted by Gasteiger charge is 2.09. The summed E-state index contributed by atoms with van der Waals surface area (Å²) in [7, 11) is 1.51. The largest absolute Gasteiger partial charge is 0.495 e. The molecule has 0 saturated heterocycles. The number of hydrogen-bond donors (Lipinski definition) is 2. The highest BCUT2D eigenvalue weighted by Crippen LogP contribution is 2.30. The number of pyridine rings is 1. The fourth-order valence-corrected chi connectivity index (χ4v) is 1.94. The van der Waals surface area contributed by atoms with Gasteiger partial charge in [0.2, 0.25) is 0 Å². The average Bonchev–Trinajstić information content (AvgIpc) is 2.40. The molecule has 19 heavy (non-hydrogen) atoms. The Labute approximate surface area is 114 Å². The summed E-state index contributed by atoms with van der Waals surface area (Å²) in [4.78, 5) is 19.0. The van der Waals surface area contributed by atoms with Crippen LogP contribution in [0.25, 0.3) is 10.9 Å². The summed E-state index contributed by atoms with van der Waals surface area (Å²) < 4.78 is 5.11. The van der Waals surface area contributed by atoms with Crippen molar-refractivity contribution in [2.75, 3.05) is 7.11 Å². The molecule has 0 spiro atoms. The second-order valence-electron chi connectivity index (χ2n) is 3.69. The van der Waals surface area contributed by atoms with Gasteiger partial charge in [0.1, 0.15) is 16.6 Å². The van der Waals surface area contributed by atoms with E-state index in [1.54, 1.807) is 18.2 Å². The van der Waals surface area contributed by atoms with Crippen molar-refractivity contribution in [3.8, 4) is 5.75 Å². The first-order valence-electron chi connectivity index (χ1n) is 5.48. The molecule has 0 fully saturated rings. The van der Waals surface area contributed by atoms with Crippen molar-refractivity contribution in [1.82, 2.24) is 4.98 Å². The Bertz CT molecular complexity index is 720. The summed E-state index contributed by atoms with van der Waals surface area (Å²) >= 11 is 6.17. The molecule has 5 nitrogen and oxygen atoms in total. The number of ether oxygens (including phenoxy) is 1. The first-order chi connectivity index (χ1) is 9.17. The van der Waals surface area contributed by atoms with E-state index in [2.05, 4.69) is 9.98 Å². The minimum atomic E-state index is -0.165. The molecule has 1 aromatic heterocycles. The molecule has 0 aliphatic rings. The predicted molar refractivity (Wildman–Crippen MR) is 77.6 cm³/mol. The Hall–Kier alpha value is -2.27. The van der Waals surface area contributed by atoms with Gasteiger partial charge in [0.05, 0.1) is 12.6 Å². The van der Waals surface area contributed by atoms with Crippen molar-refractivity contribution in [2.45, 2.75) is 0 Å². The zero-order valence-corrected chi connectivity index (χ0v) is 10.9. The van der Waals surface area contributed by atoms with E-state index in [1.807, 2.05) is 0 Å². The second kappa shape index (κ2) is 5.58. The minimum Gasteiger partial charge on any atom is -0.495 e. The standard InChI is InChI=1S/C13H12ClN3O2/c1-19-10-4-3-8-9(18)7-11(16-6-2-5-15)17-13(8)12(10)14/h2-7H,15H2,1H3,(H,17,18). The summed E-state index contributed by atoms with van der Waals surface area (Å²) in [5, 5.41) is 0.836. The van der Waals surface area contributed by atoms with Gasteiger partial charge in [0, 0.05) is 17.7 Å². The molecule has 0 aliphatic heterocycles. The number of nitrogens with one attached hydrogen (secondary N) is 1. The molecule has 3 N–H and O–H groups in total. The van der Waals surface area contributed by atoms with Gasteiger partial charge in [-0.2, -0.15) is 0 Å². The first-order valence-corrected chi connectivity index (χ1v) is 5.85. The zero-order valence-electron chi connectivity index (χ0n) is 10.2. The number of hydrogen-bond acceptors (Lipinski definition) is 4. The molecule has 0 atom stereocenters. The third-order valence-electron chi connectivity index (χ3n) is 2.52. The molecule has 1 heterocycles. The van der Waals surface area contributed by atoms with E-state index in [9.17, 15) is 4.79 Å². The molecule has 2 rings (SSSR count). The smallest absolute Gasteiger partial charge is 0.191 e. The van der Waals surface area contributed by atoms with Gasteiger partial charge < -0.3 is 15.5 Å². The average molecular weight is 278 g/mol. The number of allylic oxidation sites excluding steroid dienone is 1. The molecule has 0 amide bonds. The molecule has 0 saturated carbocycles. The lowest BCUT2D eigenvalue weighted by Crippen LogP contribution is -2.01. The number of rotatable bonds is 3. The Balaban J connectivity index is 2.66. The van der Waals surface area contributed by atoms with E-state index in [0.717, 1.165) is 0 Å². The minimum absolute atomic E-state index is 0.165. The lowest BCUT2D eigenvalue weighted by atomic mass is 10.2. The van der Waals surface area contributed by atoms with Gasteiger partial charge in [-0.1, -0.05) is 11.6 Å². The monoisotopic (exact) mass is 277 g/mol.